The summed E-state index contributed by atoms with van der Waals surface area (Å²) in [4.78, 5) is 47.2. The number of halogens is 1. The lowest BCUT2D eigenvalue weighted by molar-refractivity contribution is -0.209. The molecule has 8 rings (SSSR count). The Kier molecular flexibility index (Phi) is 10.1. The molecule has 8 aliphatic rings. The van der Waals surface area contributed by atoms with Crippen molar-refractivity contribution in [3.05, 3.63) is 11.8 Å². The molecule has 0 aromatic carbocycles. The molecule has 2 N–H and O–H groups in total. The third-order valence-electron chi connectivity index (χ3n) is 13.0. The van der Waals surface area contributed by atoms with Gasteiger partial charge in [-0.15, -0.1) is 0 Å². The Labute approximate surface area is 301 Å². The number of hydrogen-bond acceptors (Lipinski definition) is 10. The van der Waals surface area contributed by atoms with Crippen LogP contribution in [0.5, 0.6) is 0 Å². The van der Waals surface area contributed by atoms with Gasteiger partial charge in [0.25, 0.3) is 5.91 Å². The van der Waals surface area contributed by atoms with Gasteiger partial charge in [-0.2, -0.15) is 0 Å². The van der Waals surface area contributed by atoms with Crippen molar-refractivity contribution in [3.8, 4) is 0 Å². The summed E-state index contributed by atoms with van der Waals surface area (Å²) in [5, 5.41) is 6.43. The SMILES string of the molecule is CC(C)(C)OC(=O)NC1CCN(C(=O)C2=CN3C4CC5OC6CCCCC6C5CC4OC4C(NCCCN5CCOCC5)C(F)CC(C2=O)C43)C1. The minimum Gasteiger partial charge on any atom is -0.444 e. The van der Waals surface area contributed by atoms with E-state index >= 15 is 4.39 Å². The molecule has 5 heterocycles. The molecule has 7 fully saturated rings. The Balaban J connectivity index is 1.02. The maximum atomic E-state index is 16.4. The van der Waals surface area contributed by atoms with Gasteiger partial charge in [0, 0.05) is 38.3 Å². The summed E-state index contributed by atoms with van der Waals surface area (Å²) < 4.78 is 41.1. The highest BCUT2D eigenvalue weighted by Crippen LogP contribution is 2.52. The van der Waals surface area contributed by atoms with E-state index in [0.29, 0.717) is 37.5 Å². The van der Waals surface area contributed by atoms with Crippen LogP contribution in [-0.2, 0) is 28.5 Å². The van der Waals surface area contributed by atoms with Crippen molar-refractivity contribution in [1.29, 1.82) is 0 Å². The fourth-order valence-electron chi connectivity index (χ4n) is 10.7. The van der Waals surface area contributed by atoms with E-state index in [2.05, 4.69) is 20.4 Å². The van der Waals surface area contributed by atoms with Gasteiger partial charge < -0.3 is 39.4 Å². The molecule has 284 valence electrons. The molecule has 0 bridgehead atoms. The standard InChI is InChI=1S/C38H58FN5O7/c1-38(2,3)51-37(47)41-22-9-12-43(20-22)36(46)26-21-44-28-19-30-24(23-7-4-5-8-29(23)49-30)18-31(28)50-35-32(27(39)17-25(33(35)44)34(26)45)40-10-6-11-42-13-15-48-16-14-42/h21-25,27-33,35,40H,4-20H2,1-3H3,(H,41,47). The highest BCUT2D eigenvalue weighted by atomic mass is 19.1. The smallest absolute Gasteiger partial charge is 0.407 e. The van der Waals surface area contributed by atoms with Gasteiger partial charge in [-0.1, -0.05) is 12.8 Å². The molecular weight excluding hydrogens is 657 g/mol. The molecule has 12 unspecified atom stereocenters. The van der Waals surface area contributed by atoms with Crippen molar-refractivity contribution in [1.82, 2.24) is 25.3 Å². The number of hydrogen-bond donors (Lipinski definition) is 2. The van der Waals surface area contributed by atoms with Crippen LogP contribution in [0.15, 0.2) is 11.8 Å². The number of alkyl carbamates (subject to hydrolysis) is 1. The number of nitrogens with zero attached hydrogens (tertiary/aromatic N) is 3. The van der Waals surface area contributed by atoms with E-state index in [1.807, 2.05) is 27.0 Å². The highest BCUT2D eigenvalue weighted by molar-refractivity contribution is 6.20. The number of likely N-dealkylation sites (tertiary alicyclic amines) is 1. The summed E-state index contributed by atoms with van der Waals surface area (Å²) in [5.41, 5.74) is -0.505. The molecule has 12 atom stereocenters. The Hall–Kier alpha value is -2.32. The van der Waals surface area contributed by atoms with E-state index in [1.165, 1.54) is 19.3 Å². The van der Waals surface area contributed by atoms with Gasteiger partial charge in [0.15, 0.2) is 5.78 Å². The Bertz CT molecular complexity index is 1350. The molecule has 0 spiro atoms. The average molecular weight is 716 g/mol. The number of fused-ring (bicyclic) bond motifs is 5. The average Bonchev–Trinajstić information content (AvgIpc) is 3.71. The first-order valence-electron chi connectivity index (χ1n) is 19.8. The van der Waals surface area contributed by atoms with Crippen LogP contribution < -0.4 is 10.6 Å². The molecule has 51 heavy (non-hydrogen) atoms. The first-order chi connectivity index (χ1) is 24.5. The Morgan fingerprint density at radius 3 is 2.59 bits per heavy atom. The zero-order valence-electron chi connectivity index (χ0n) is 30.6. The van der Waals surface area contributed by atoms with Gasteiger partial charge in [-0.25, -0.2) is 9.18 Å². The lowest BCUT2D eigenvalue weighted by Crippen LogP contribution is -2.73. The molecule has 5 aliphatic heterocycles. The van der Waals surface area contributed by atoms with Gasteiger partial charge in [0.05, 0.1) is 67.4 Å². The van der Waals surface area contributed by atoms with E-state index in [0.717, 1.165) is 58.5 Å². The second-order valence-corrected chi connectivity index (χ2v) is 17.4. The van der Waals surface area contributed by atoms with Crippen LogP contribution in [0.3, 0.4) is 0 Å². The number of amides is 2. The van der Waals surface area contributed by atoms with Gasteiger partial charge in [-0.05, 0) is 90.6 Å². The number of morpholine rings is 2. The fourth-order valence-corrected chi connectivity index (χ4v) is 10.7. The number of ether oxygens (including phenoxy) is 4. The third-order valence-corrected chi connectivity index (χ3v) is 13.0. The van der Waals surface area contributed by atoms with E-state index in [-0.39, 0.29) is 60.6 Å². The molecule has 12 nitrogen and oxygen atoms in total. The van der Waals surface area contributed by atoms with Crippen LogP contribution in [0.25, 0.3) is 0 Å². The second-order valence-electron chi connectivity index (χ2n) is 17.4. The monoisotopic (exact) mass is 715 g/mol. The Morgan fingerprint density at radius 1 is 0.980 bits per heavy atom. The summed E-state index contributed by atoms with van der Waals surface area (Å²) in [7, 11) is 0. The van der Waals surface area contributed by atoms with Gasteiger partial charge in [-0.3, -0.25) is 14.5 Å². The van der Waals surface area contributed by atoms with Crippen molar-refractivity contribution in [2.45, 2.75) is 139 Å². The number of carbonyl (C=O) groups excluding carboxylic acids is 3. The second kappa shape index (κ2) is 14.5. The van der Waals surface area contributed by atoms with E-state index in [4.69, 9.17) is 18.9 Å². The maximum Gasteiger partial charge on any atom is 0.407 e. The van der Waals surface area contributed by atoms with Crippen LogP contribution in [0.2, 0.25) is 0 Å². The topological polar surface area (TPSA) is 122 Å². The summed E-state index contributed by atoms with van der Waals surface area (Å²) in [6, 6.07) is -1.20. The summed E-state index contributed by atoms with van der Waals surface area (Å²) in [6.07, 6.45) is 7.70. The first-order valence-corrected chi connectivity index (χ1v) is 19.8. The van der Waals surface area contributed by atoms with Crippen LogP contribution in [0.1, 0.15) is 78.6 Å². The zero-order valence-corrected chi connectivity index (χ0v) is 30.6. The molecule has 0 aromatic heterocycles. The molecule has 13 heteroatoms. The number of rotatable bonds is 7. The number of nitrogens with one attached hydrogen (secondary N) is 2. The number of ketones is 1. The van der Waals surface area contributed by atoms with E-state index < -0.39 is 35.9 Å². The minimum atomic E-state index is -1.28. The van der Waals surface area contributed by atoms with Crippen molar-refractivity contribution in [2.75, 3.05) is 52.5 Å². The summed E-state index contributed by atoms with van der Waals surface area (Å²) in [5.74, 6) is -0.348. The summed E-state index contributed by atoms with van der Waals surface area (Å²) >= 11 is 0. The third kappa shape index (κ3) is 7.18. The number of alkyl halides is 1. The van der Waals surface area contributed by atoms with Gasteiger partial charge >= 0.3 is 6.09 Å². The lowest BCUT2D eigenvalue weighted by Gasteiger charge is -2.60. The summed E-state index contributed by atoms with van der Waals surface area (Å²) in [6.45, 7) is 11.1. The Morgan fingerprint density at radius 2 is 1.78 bits per heavy atom. The highest BCUT2D eigenvalue weighted by Gasteiger charge is 2.61. The largest absolute Gasteiger partial charge is 0.444 e. The van der Waals surface area contributed by atoms with Gasteiger partial charge in [0.2, 0.25) is 0 Å². The fraction of sp³-hybridized carbons (Fsp3) is 0.868. The first kappa shape index (κ1) is 35.7. The number of carbonyl (C=O) groups is 3. The minimum absolute atomic E-state index is 0.0515. The van der Waals surface area contributed by atoms with Crippen molar-refractivity contribution in [2.24, 2.45) is 17.8 Å². The van der Waals surface area contributed by atoms with Crippen molar-refractivity contribution >= 4 is 17.8 Å². The van der Waals surface area contributed by atoms with Crippen LogP contribution in [0, 0.1) is 17.8 Å². The quantitative estimate of drug-likeness (QED) is 0.301. The molecular formula is C38H58FN5O7. The molecule has 0 radical (unpaired) electrons. The van der Waals surface area contributed by atoms with E-state index in [1.54, 1.807) is 4.90 Å². The molecule has 2 amide bonds. The van der Waals surface area contributed by atoms with Crippen LogP contribution in [0.4, 0.5) is 9.18 Å². The zero-order chi connectivity index (χ0) is 35.4. The molecule has 0 aromatic rings. The lowest BCUT2D eigenvalue weighted by atomic mass is 9.67. The molecule has 3 saturated carbocycles. The molecule has 4 saturated heterocycles. The van der Waals surface area contributed by atoms with Crippen molar-refractivity contribution < 1.29 is 37.7 Å². The molecule has 3 aliphatic carbocycles. The van der Waals surface area contributed by atoms with Crippen molar-refractivity contribution in [3.63, 3.8) is 0 Å². The number of Topliss-reactive ketones (excluding diaryl/α,β-unsaturated/α-hetero) is 1. The maximum absolute atomic E-state index is 16.4. The van der Waals surface area contributed by atoms with Crippen LogP contribution >= 0.6 is 0 Å². The van der Waals surface area contributed by atoms with Gasteiger partial charge in [0.1, 0.15) is 11.8 Å². The predicted octanol–water partition coefficient (Wildman–Crippen LogP) is 2.79. The van der Waals surface area contributed by atoms with E-state index in [9.17, 15) is 14.4 Å². The predicted molar refractivity (Wildman–Crippen MR) is 186 cm³/mol. The van der Waals surface area contributed by atoms with Crippen LogP contribution in [-0.4, -0.2) is 145 Å². The normalized spacial score (nSPS) is 40.9.